The first-order valence-electron chi connectivity index (χ1n) is 37.8. The number of benzene rings is 19. The van der Waals surface area contributed by atoms with E-state index >= 15 is 0 Å². The number of hydrogen-bond donors (Lipinski definition) is 0. The fourth-order valence-electron chi connectivity index (χ4n) is 17.2. The Bertz CT molecular complexity index is 6400. The molecule has 0 saturated heterocycles. The Morgan fingerprint density at radius 3 is 0.673 bits per heavy atom. The van der Waals surface area contributed by atoms with E-state index in [4.69, 9.17) is 0 Å². The standard InChI is InChI=1S/C106H70N4/c1-3-28-83(29-4-1)107(85-54-42-71(43-55-85)73-46-58-87(59-47-73)109-103-62-50-79(95-38-15-24-75-20-7-11-34-91(75)95)66-99(103)100-67-80(51-63-104(100)109)96-39-16-25-76-21-8-12-35-92(76)96)89-32-19-33-90(70-89)108(84-30-5-2-6-31-84)86-56-44-72(45-57-86)74-48-60-88(61-49-74)110-105-64-52-81(97-40-17-26-77-22-9-13-36-93(77)97)68-101(105)102-69-82(53-65-106(102)110)98-41-18-27-78-23-10-14-37-94(78)98/h1-70H. The third-order valence-corrected chi connectivity index (χ3v) is 22.5. The summed E-state index contributed by atoms with van der Waals surface area (Å²) in [6.07, 6.45) is 0. The van der Waals surface area contributed by atoms with Gasteiger partial charge in [-0.25, -0.2) is 0 Å². The minimum atomic E-state index is 1.04. The molecule has 0 aliphatic carbocycles. The van der Waals surface area contributed by atoms with Gasteiger partial charge in [0.25, 0.3) is 0 Å². The molecule has 0 aliphatic heterocycles. The van der Waals surface area contributed by atoms with Gasteiger partial charge in [0.05, 0.1) is 22.1 Å². The van der Waals surface area contributed by atoms with Crippen LogP contribution in [-0.4, -0.2) is 9.13 Å². The molecule has 0 N–H and O–H groups in total. The molecule has 21 rings (SSSR count). The maximum atomic E-state index is 2.44. The molecule has 2 heterocycles. The first-order valence-corrected chi connectivity index (χ1v) is 37.8. The van der Waals surface area contributed by atoms with Crippen LogP contribution in [0, 0.1) is 0 Å². The van der Waals surface area contributed by atoms with Gasteiger partial charge >= 0.3 is 0 Å². The molecular formula is C106H70N4. The molecule has 4 nitrogen and oxygen atoms in total. The minimum Gasteiger partial charge on any atom is -0.310 e. The summed E-state index contributed by atoms with van der Waals surface area (Å²) in [5, 5.41) is 14.8. The number of hydrogen-bond acceptors (Lipinski definition) is 2. The molecule has 0 atom stereocenters. The Hall–Kier alpha value is -14.6. The summed E-state index contributed by atoms with van der Waals surface area (Å²) in [6.45, 7) is 0. The lowest BCUT2D eigenvalue weighted by atomic mass is 9.95. The minimum absolute atomic E-state index is 1.04. The third-order valence-electron chi connectivity index (χ3n) is 22.5. The number of para-hydroxylation sites is 2. The van der Waals surface area contributed by atoms with Gasteiger partial charge in [0.2, 0.25) is 0 Å². The van der Waals surface area contributed by atoms with Crippen molar-refractivity contribution in [2.24, 2.45) is 0 Å². The average Bonchev–Trinajstić information content (AvgIpc) is 1.37. The van der Waals surface area contributed by atoms with Crippen LogP contribution in [0.1, 0.15) is 0 Å². The van der Waals surface area contributed by atoms with Gasteiger partial charge in [-0.2, -0.15) is 0 Å². The highest BCUT2D eigenvalue weighted by Crippen LogP contribution is 2.46. The zero-order chi connectivity index (χ0) is 72.6. The van der Waals surface area contributed by atoms with Crippen LogP contribution in [0.2, 0.25) is 0 Å². The van der Waals surface area contributed by atoms with E-state index in [1.807, 2.05) is 0 Å². The van der Waals surface area contributed by atoms with Gasteiger partial charge in [-0.3, -0.25) is 0 Å². The van der Waals surface area contributed by atoms with E-state index in [0.717, 1.165) is 67.8 Å². The summed E-state index contributed by atoms with van der Waals surface area (Å²) >= 11 is 0. The lowest BCUT2D eigenvalue weighted by Gasteiger charge is -2.29. The molecule has 0 amide bonds. The molecule has 2 aromatic heterocycles. The summed E-state index contributed by atoms with van der Waals surface area (Å²) < 4.78 is 4.88. The van der Waals surface area contributed by atoms with Gasteiger partial charge in [0.15, 0.2) is 0 Å². The van der Waals surface area contributed by atoms with Crippen molar-refractivity contribution in [1.29, 1.82) is 0 Å². The highest BCUT2D eigenvalue weighted by atomic mass is 15.2. The van der Waals surface area contributed by atoms with E-state index < -0.39 is 0 Å². The largest absolute Gasteiger partial charge is 0.310 e. The molecular weight excluding hydrogens is 1330 g/mol. The summed E-state index contributed by atoms with van der Waals surface area (Å²) in [5.74, 6) is 0. The Morgan fingerprint density at radius 1 is 0.145 bits per heavy atom. The molecule has 0 aliphatic rings. The zero-order valence-electron chi connectivity index (χ0n) is 60.2. The molecule has 0 unspecified atom stereocenters. The Labute approximate surface area is 638 Å². The second-order valence-corrected chi connectivity index (χ2v) is 28.8. The Balaban J connectivity index is 0.589. The maximum Gasteiger partial charge on any atom is 0.0541 e. The number of fused-ring (bicyclic) bond motifs is 10. The van der Waals surface area contributed by atoms with Crippen LogP contribution in [0.3, 0.4) is 0 Å². The summed E-state index contributed by atoms with van der Waals surface area (Å²) in [4.78, 5) is 4.72. The number of nitrogens with zero attached hydrogens (tertiary/aromatic N) is 4. The van der Waals surface area contributed by atoms with Crippen molar-refractivity contribution in [3.8, 4) is 78.1 Å². The summed E-state index contributed by atoms with van der Waals surface area (Å²) in [5.41, 5.74) is 27.5. The molecule has 0 fully saturated rings. The van der Waals surface area contributed by atoms with E-state index in [1.54, 1.807) is 0 Å². The van der Waals surface area contributed by atoms with Gasteiger partial charge < -0.3 is 18.9 Å². The van der Waals surface area contributed by atoms with Crippen LogP contribution in [0.15, 0.2) is 425 Å². The average molecular weight is 1400 g/mol. The first-order chi connectivity index (χ1) is 54.5. The third kappa shape index (κ3) is 11.2. The second-order valence-electron chi connectivity index (χ2n) is 28.8. The van der Waals surface area contributed by atoms with Gasteiger partial charge in [-0.05, 0) is 249 Å². The van der Waals surface area contributed by atoms with Crippen molar-refractivity contribution in [3.05, 3.63) is 425 Å². The summed E-state index contributed by atoms with van der Waals surface area (Å²) in [7, 11) is 0. The van der Waals surface area contributed by atoms with Gasteiger partial charge in [0.1, 0.15) is 0 Å². The molecule has 514 valence electrons. The van der Waals surface area contributed by atoms with Crippen LogP contribution < -0.4 is 9.80 Å². The molecule has 21 aromatic rings. The maximum absolute atomic E-state index is 2.44. The first kappa shape index (κ1) is 63.9. The SMILES string of the molecule is c1ccc(N(c2ccc(-c3ccc(-n4c5ccc(-c6cccc7ccccc67)cc5c5cc(-c6cccc7ccccc67)ccc54)cc3)cc2)c2cccc(N(c3ccccc3)c3ccc(-c4ccc(-n5c6ccc(-c7cccc8ccccc78)cc6c6cc(-c7cccc8ccccc78)ccc65)cc4)cc3)c2)cc1. The number of rotatable bonds is 14. The van der Waals surface area contributed by atoms with Crippen LogP contribution >= 0.6 is 0 Å². The number of anilines is 6. The van der Waals surface area contributed by atoms with Crippen molar-refractivity contribution in [2.75, 3.05) is 9.80 Å². The molecule has 0 saturated carbocycles. The monoisotopic (exact) mass is 1400 g/mol. The molecule has 19 aromatic carbocycles. The van der Waals surface area contributed by atoms with Crippen LogP contribution in [-0.2, 0) is 0 Å². The lowest BCUT2D eigenvalue weighted by Crippen LogP contribution is -2.13. The fourth-order valence-corrected chi connectivity index (χ4v) is 17.2. The van der Waals surface area contributed by atoms with Crippen molar-refractivity contribution < 1.29 is 0 Å². The lowest BCUT2D eigenvalue weighted by molar-refractivity contribution is 1.18. The highest BCUT2D eigenvalue weighted by Gasteiger charge is 2.22. The smallest absolute Gasteiger partial charge is 0.0541 e. The van der Waals surface area contributed by atoms with Crippen molar-refractivity contribution >= 4 is 121 Å². The van der Waals surface area contributed by atoms with Crippen molar-refractivity contribution in [1.82, 2.24) is 9.13 Å². The van der Waals surface area contributed by atoms with Crippen molar-refractivity contribution in [3.63, 3.8) is 0 Å². The highest BCUT2D eigenvalue weighted by molar-refractivity contribution is 6.15. The van der Waals surface area contributed by atoms with E-state index in [-0.39, 0.29) is 0 Å². The normalized spacial score (nSPS) is 11.6. The molecule has 110 heavy (non-hydrogen) atoms. The Morgan fingerprint density at radius 2 is 0.373 bits per heavy atom. The second kappa shape index (κ2) is 26.8. The van der Waals surface area contributed by atoms with Crippen LogP contribution in [0.4, 0.5) is 34.1 Å². The van der Waals surface area contributed by atoms with E-state index in [2.05, 4.69) is 444 Å². The van der Waals surface area contributed by atoms with E-state index in [1.165, 1.54) is 131 Å². The molecule has 0 bridgehead atoms. The van der Waals surface area contributed by atoms with Gasteiger partial charge in [0, 0.05) is 67.0 Å². The van der Waals surface area contributed by atoms with E-state index in [0.29, 0.717) is 0 Å². The van der Waals surface area contributed by atoms with Gasteiger partial charge in [-0.15, -0.1) is 0 Å². The predicted octanol–water partition coefficient (Wildman–Crippen LogP) is 29.4. The quantitative estimate of drug-likeness (QED) is 0.108. The Kier molecular flexibility index (Phi) is 15.5. The topological polar surface area (TPSA) is 16.3 Å². The van der Waals surface area contributed by atoms with Crippen molar-refractivity contribution in [2.45, 2.75) is 0 Å². The van der Waals surface area contributed by atoms with Crippen LogP contribution in [0.25, 0.3) is 165 Å². The van der Waals surface area contributed by atoms with E-state index in [9.17, 15) is 0 Å². The predicted molar refractivity (Wildman–Crippen MR) is 467 cm³/mol. The fraction of sp³-hybridized carbons (Fsp3) is 0. The zero-order valence-corrected chi connectivity index (χ0v) is 60.2. The molecule has 0 radical (unpaired) electrons. The van der Waals surface area contributed by atoms with Crippen LogP contribution in [0.5, 0.6) is 0 Å². The van der Waals surface area contributed by atoms with Gasteiger partial charge in [-0.1, -0.05) is 285 Å². The summed E-state index contributed by atoms with van der Waals surface area (Å²) in [6, 6.07) is 156. The molecule has 0 spiro atoms. The number of aromatic nitrogens is 2. The molecule has 4 heteroatoms.